The Morgan fingerprint density at radius 2 is 1.68 bits per heavy atom. The Bertz CT molecular complexity index is 333. The van der Waals surface area contributed by atoms with E-state index in [0.717, 1.165) is 5.47 Å². The third kappa shape index (κ3) is 4.08. The normalized spacial score (nSPS) is 20.4. The molecule has 0 aliphatic carbocycles. The molecule has 1 rings (SSSR count). The topological polar surface area (TPSA) is 44.8 Å². The lowest BCUT2D eigenvalue weighted by atomic mass is 9.76. The lowest BCUT2D eigenvalue weighted by Crippen LogP contribution is -2.41. The molecule has 1 fully saturated rings. The predicted molar refractivity (Wildman–Crippen MR) is 75.7 cm³/mol. The highest BCUT2D eigenvalue weighted by molar-refractivity contribution is 6.54. The van der Waals surface area contributed by atoms with Gasteiger partial charge in [0.05, 0.1) is 17.8 Å². The first-order chi connectivity index (χ1) is 8.69. The van der Waals surface area contributed by atoms with Crippen LogP contribution in [0.1, 0.15) is 53.9 Å². The highest BCUT2D eigenvalue weighted by atomic mass is 16.7. The average Bonchev–Trinajstić information content (AvgIpc) is 2.48. The summed E-state index contributed by atoms with van der Waals surface area (Å²) < 4.78 is 16.7. The van der Waals surface area contributed by atoms with Crippen LogP contribution in [0.2, 0.25) is 0 Å². The van der Waals surface area contributed by atoms with Gasteiger partial charge in [-0.15, -0.1) is 6.58 Å². The van der Waals surface area contributed by atoms with Gasteiger partial charge in [0.25, 0.3) is 0 Å². The summed E-state index contributed by atoms with van der Waals surface area (Å²) >= 11 is 0. The van der Waals surface area contributed by atoms with Crippen LogP contribution in [-0.4, -0.2) is 30.9 Å². The molecular weight excluding hydrogens is 243 g/mol. The second-order valence-corrected chi connectivity index (χ2v) is 5.91. The fourth-order valence-electron chi connectivity index (χ4n) is 1.82. The van der Waals surface area contributed by atoms with Crippen LogP contribution in [0, 0.1) is 0 Å². The maximum absolute atomic E-state index is 11.2. The number of rotatable bonds is 6. The van der Waals surface area contributed by atoms with Crippen LogP contribution in [0.5, 0.6) is 0 Å². The largest absolute Gasteiger partial charge is 0.489 e. The third-order valence-electron chi connectivity index (χ3n) is 3.77. The van der Waals surface area contributed by atoms with E-state index >= 15 is 0 Å². The van der Waals surface area contributed by atoms with Gasteiger partial charge in [0.15, 0.2) is 0 Å². The van der Waals surface area contributed by atoms with Gasteiger partial charge in [0, 0.05) is 6.42 Å². The van der Waals surface area contributed by atoms with Crippen LogP contribution < -0.4 is 0 Å². The first-order valence-corrected chi connectivity index (χ1v) is 6.88. The van der Waals surface area contributed by atoms with Gasteiger partial charge in [-0.25, -0.2) is 0 Å². The first-order valence-electron chi connectivity index (χ1n) is 6.88. The fourth-order valence-corrected chi connectivity index (χ4v) is 1.82. The number of hydrogen-bond donors (Lipinski definition) is 0. The molecule has 0 atom stereocenters. The van der Waals surface area contributed by atoms with Crippen molar-refractivity contribution >= 4 is 13.1 Å². The summed E-state index contributed by atoms with van der Waals surface area (Å²) in [7, 11) is -0.382. The van der Waals surface area contributed by atoms with Crippen LogP contribution in [0.15, 0.2) is 12.1 Å². The third-order valence-corrected chi connectivity index (χ3v) is 3.77. The van der Waals surface area contributed by atoms with E-state index in [1.807, 2.05) is 27.7 Å². The van der Waals surface area contributed by atoms with E-state index in [1.54, 1.807) is 6.92 Å². The van der Waals surface area contributed by atoms with E-state index < -0.39 is 0 Å². The Labute approximate surface area is 116 Å². The van der Waals surface area contributed by atoms with Crippen LogP contribution in [0.3, 0.4) is 0 Å². The summed E-state index contributed by atoms with van der Waals surface area (Å²) in [6, 6.07) is 0. The molecule has 5 heteroatoms. The SMILES string of the molecule is C=C(CCCC(=O)OCC)B1OC(C)(C)C(C)(C)O1. The maximum atomic E-state index is 11.2. The minimum atomic E-state index is -0.382. The van der Waals surface area contributed by atoms with Crippen molar-refractivity contribution < 1.29 is 18.8 Å². The Kier molecular flexibility index (Phi) is 5.22. The van der Waals surface area contributed by atoms with Gasteiger partial charge >= 0.3 is 13.1 Å². The molecule has 0 spiro atoms. The zero-order valence-corrected chi connectivity index (χ0v) is 12.7. The summed E-state index contributed by atoms with van der Waals surface area (Å²) in [5.41, 5.74) is 0.187. The summed E-state index contributed by atoms with van der Waals surface area (Å²) in [4.78, 5) is 11.2. The van der Waals surface area contributed by atoms with Gasteiger partial charge in [-0.3, -0.25) is 4.79 Å². The smallest absolute Gasteiger partial charge is 0.466 e. The van der Waals surface area contributed by atoms with Crippen molar-refractivity contribution in [3.05, 3.63) is 12.1 Å². The van der Waals surface area contributed by atoms with Crippen molar-refractivity contribution in [3.63, 3.8) is 0 Å². The van der Waals surface area contributed by atoms with Crippen molar-refractivity contribution in [2.24, 2.45) is 0 Å². The van der Waals surface area contributed by atoms with Crippen molar-refractivity contribution in [1.82, 2.24) is 0 Å². The molecule has 0 unspecified atom stereocenters. The Hall–Kier alpha value is -0.805. The molecule has 0 N–H and O–H groups in total. The van der Waals surface area contributed by atoms with Crippen LogP contribution in [0.4, 0.5) is 0 Å². The predicted octanol–water partition coefficient (Wildman–Crippen LogP) is 2.91. The van der Waals surface area contributed by atoms with E-state index in [-0.39, 0.29) is 24.3 Å². The van der Waals surface area contributed by atoms with Gasteiger partial charge in [-0.05, 0) is 52.9 Å². The standard InChI is InChI=1S/C14H25BO4/c1-7-17-12(16)10-8-9-11(2)15-18-13(3,4)14(5,6)19-15/h2,7-10H2,1,3-6H3. The van der Waals surface area contributed by atoms with Crippen molar-refractivity contribution in [2.75, 3.05) is 6.61 Å². The van der Waals surface area contributed by atoms with Crippen LogP contribution in [-0.2, 0) is 18.8 Å². The Morgan fingerprint density at radius 3 is 2.16 bits per heavy atom. The summed E-state index contributed by atoms with van der Waals surface area (Å²) in [6.07, 6.45) is 1.82. The first kappa shape index (κ1) is 16.2. The molecule has 0 bridgehead atoms. The lowest BCUT2D eigenvalue weighted by Gasteiger charge is -2.32. The molecule has 0 amide bonds. The fraction of sp³-hybridized carbons (Fsp3) is 0.786. The monoisotopic (exact) mass is 268 g/mol. The zero-order chi connectivity index (χ0) is 14.7. The molecule has 1 heterocycles. The summed E-state index contributed by atoms with van der Waals surface area (Å²) in [5, 5.41) is 0. The van der Waals surface area contributed by atoms with E-state index in [9.17, 15) is 4.79 Å². The number of esters is 1. The van der Waals surface area contributed by atoms with Crippen LogP contribution in [0.25, 0.3) is 0 Å². The number of hydrogen-bond acceptors (Lipinski definition) is 4. The minimum absolute atomic E-state index is 0.163. The Morgan fingerprint density at radius 1 is 1.16 bits per heavy atom. The molecule has 0 aromatic carbocycles. The van der Waals surface area contributed by atoms with E-state index in [0.29, 0.717) is 25.9 Å². The zero-order valence-electron chi connectivity index (χ0n) is 12.7. The van der Waals surface area contributed by atoms with Gasteiger partial charge in [-0.2, -0.15) is 0 Å². The molecule has 0 aromatic rings. The molecule has 0 aromatic heterocycles. The number of ether oxygens (including phenoxy) is 1. The quantitative estimate of drug-likeness (QED) is 0.549. The second kappa shape index (κ2) is 6.10. The molecule has 19 heavy (non-hydrogen) atoms. The van der Waals surface area contributed by atoms with Crippen molar-refractivity contribution in [2.45, 2.75) is 65.1 Å². The van der Waals surface area contributed by atoms with Crippen LogP contribution >= 0.6 is 0 Å². The summed E-state index contributed by atoms with van der Waals surface area (Å²) in [6.45, 7) is 14.3. The number of carbonyl (C=O) groups excluding carboxylic acids is 1. The summed E-state index contributed by atoms with van der Waals surface area (Å²) in [5.74, 6) is -0.163. The second-order valence-electron chi connectivity index (χ2n) is 5.91. The molecule has 4 nitrogen and oxygen atoms in total. The van der Waals surface area contributed by atoms with Crippen molar-refractivity contribution in [3.8, 4) is 0 Å². The molecule has 0 radical (unpaired) electrons. The molecule has 1 aliphatic rings. The number of allylic oxidation sites excluding steroid dienone is 1. The van der Waals surface area contributed by atoms with E-state index in [4.69, 9.17) is 14.0 Å². The van der Waals surface area contributed by atoms with Gasteiger partial charge in [0.1, 0.15) is 0 Å². The number of carbonyl (C=O) groups is 1. The minimum Gasteiger partial charge on any atom is -0.466 e. The molecule has 1 aliphatic heterocycles. The molecule has 0 saturated carbocycles. The highest BCUT2D eigenvalue weighted by Gasteiger charge is 2.51. The highest BCUT2D eigenvalue weighted by Crippen LogP contribution is 2.38. The molecule has 1 saturated heterocycles. The molecular formula is C14H25BO4. The van der Waals surface area contributed by atoms with Gasteiger partial charge in [-0.1, -0.05) is 0 Å². The molecule has 108 valence electrons. The Balaban J connectivity index is 2.38. The van der Waals surface area contributed by atoms with Gasteiger partial charge < -0.3 is 14.0 Å². The van der Waals surface area contributed by atoms with Crippen molar-refractivity contribution in [1.29, 1.82) is 0 Å². The maximum Gasteiger partial charge on any atom is 0.489 e. The average molecular weight is 268 g/mol. The van der Waals surface area contributed by atoms with E-state index in [2.05, 4.69) is 6.58 Å². The van der Waals surface area contributed by atoms with Gasteiger partial charge in [0.2, 0.25) is 0 Å². The van der Waals surface area contributed by atoms with E-state index in [1.165, 1.54) is 0 Å². The lowest BCUT2D eigenvalue weighted by molar-refractivity contribution is -0.143.